The summed E-state index contributed by atoms with van der Waals surface area (Å²) in [7, 11) is 0. The van der Waals surface area contributed by atoms with Crippen LogP contribution in [0.4, 0.5) is 0 Å². The molecule has 3 aromatic carbocycles. The summed E-state index contributed by atoms with van der Waals surface area (Å²) in [5.41, 5.74) is 1.97. The Hall–Kier alpha value is -1.75. The van der Waals surface area contributed by atoms with Crippen molar-refractivity contribution in [1.82, 2.24) is 0 Å². The molecule has 20 heavy (non-hydrogen) atoms. The highest BCUT2D eigenvalue weighted by Crippen LogP contribution is 2.21. The first-order chi connectivity index (χ1) is 9.74. The normalized spacial score (nSPS) is 10.1. The first-order valence-corrected chi connectivity index (χ1v) is 7.36. The van der Waals surface area contributed by atoms with Crippen LogP contribution in [0.1, 0.15) is 11.1 Å². The second kappa shape index (κ2) is 5.71. The van der Waals surface area contributed by atoms with Crippen LogP contribution in [0.25, 0.3) is 10.8 Å². The van der Waals surface area contributed by atoms with Gasteiger partial charge in [0.2, 0.25) is 0 Å². The van der Waals surface area contributed by atoms with Gasteiger partial charge < -0.3 is 0 Å². The molecule has 96 valence electrons. The molecule has 0 N–H and O–H groups in total. The van der Waals surface area contributed by atoms with Crippen LogP contribution < -0.4 is 0 Å². The fourth-order valence-corrected chi connectivity index (χ4v) is 2.84. The van der Waals surface area contributed by atoms with Crippen molar-refractivity contribution in [2.45, 2.75) is 0 Å². The molecular weight excluding hydrogens is 332 g/mol. The molecule has 3 aromatic rings. The summed E-state index contributed by atoms with van der Waals surface area (Å²) in [6, 6.07) is 20.1. The smallest absolute Gasteiger partial charge is 0.0418 e. The molecule has 0 spiro atoms. The van der Waals surface area contributed by atoms with E-state index in [1.165, 1.54) is 10.8 Å². The third-order valence-corrected chi connectivity index (χ3v) is 3.94. The maximum absolute atomic E-state index is 5.93. The first kappa shape index (κ1) is 13.2. The van der Waals surface area contributed by atoms with Crippen LogP contribution in [0.2, 0.25) is 5.02 Å². The van der Waals surface area contributed by atoms with Gasteiger partial charge in [-0.25, -0.2) is 0 Å². The molecule has 0 nitrogen and oxygen atoms in total. The van der Waals surface area contributed by atoms with Crippen LogP contribution in [0, 0.1) is 11.8 Å². The fraction of sp³-hybridized carbons (Fsp3) is 0. The molecule has 0 unspecified atom stereocenters. The molecule has 0 aromatic heterocycles. The van der Waals surface area contributed by atoms with Crippen LogP contribution in [0.3, 0.4) is 0 Å². The Labute approximate surface area is 131 Å². The lowest BCUT2D eigenvalue weighted by molar-refractivity contribution is 1.58. The summed E-state index contributed by atoms with van der Waals surface area (Å²) in [6.07, 6.45) is 0. The molecule has 2 heteroatoms. The van der Waals surface area contributed by atoms with E-state index in [1.807, 2.05) is 42.5 Å². The maximum Gasteiger partial charge on any atom is 0.0418 e. The highest BCUT2D eigenvalue weighted by molar-refractivity contribution is 9.10. The molecular formula is C18H10BrCl. The van der Waals surface area contributed by atoms with Gasteiger partial charge >= 0.3 is 0 Å². The number of hydrogen-bond donors (Lipinski definition) is 0. The van der Waals surface area contributed by atoms with Gasteiger partial charge in [-0.2, -0.15) is 0 Å². The van der Waals surface area contributed by atoms with Crippen molar-refractivity contribution in [3.63, 3.8) is 0 Å². The van der Waals surface area contributed by atoms with Crippen molar-refractivity contribution in [2.75, 3.05) is 0 Å². The average Bonchev–Trinajstić information content (AvgIpc) is 2.46. The van der Waals surface area contributed by atoms with Crippen LogP contribution in [-0.2, 0) is 0 Å². The molecule has 0 fully saturated rings. The topological polar surface area (TPSA) is 0 Å². The summed E-state index contributed by atoms with van der Waals surface area (Å²) in [5.74, 6) is 6.43. The number of benzene rings is 3. The quantitative estimate of drug-likeness (QED) is 0.463. The Bertz CT molecular complexity index is 835. The zero-order chi connectivity index (χ0) is 13.9. The van der Waals surface area contributed by atoms with E-state index < -0.39 is 0 Å². The minimum Gasteiger partial charge on any atom is -0.0843 e. The van der Waals surface area contributed by atoms with Crippen LogP contribution in [0.15, 0.2) is 65.1 Å². The van der Waals surface area contributed by atoms with E-state index in [0.717, 1.165) is 15.6 Å². The minimum atomic E-state index is 0.701. The number of halogens is 2. The lowest BCUT2D eigenvalue weighted by atomic mass is 10.0. The monoisotopic (exact) mass is 340 g/mol. The van der Waals surface area contributed by atoms with Gasteiger partial charge in [-0.3, -0.25) is 0 Å². The van der Waals surface area contributed by atoms with Crippen molar-refractivity contribution < 1.29 is 0 Å². The van der Waals surface area contributed by atoms with Gasteiger partial charge in [0, 0.05) is 20.6 Å². The van der Waals surface area contributed by atoms with Crippen molar-refractivity contribution in [2.24, 2.45) is 0 Å². The van der Waals surface area contributed by atoms with Gasteiger partial charge in [0.25, 0.3) is 0 Å². The Morgan fingerprint density at radius 3 is 2.40 bits per heavy atom. The SMILES string of the molecule is Clc1ccc(C#Cc2cccc3ccccc23)c(Br)c1. The molecule has 0 bridgehead atoms. The summed E-state index contributed by atoms with van der Waals surface area (Å²) >= 11 is 9.42. The van der Waals surface area contributed by atoms with E-state index in [-0.39, 0.29) is 0 Å². The number of fused-ring (bicyclic) bond motifs is 1. The molecule has 3 rings (SSSR count). The van der Waals surface area contributed by atoms with Gasteiger partial charge in [0.1, 0.15) is 0 Å². The fourth-order valence-electron chi connectivity index (χ4n) is 2.06. The van der Waals surface area contributed by atoms with Gasteiger partial charge in [0.05, 0.1) is 0 Å². The van der Waals surface area contributed by atoms with Crippen molar-refractivity contribution in [1.29, 1.82) is 0 Å². The van der Waals surface area contributed by atoms with Gasteiger partial charge in [-0.15, -0.1) is 0 Å². The zero-order valence-electron chi connectivity index (χ0n) is 10.5. The van der Waals surface area contributed by atoms with E-state index in [9.17, 15) is 0 Å². The number of hydrogen-bond acceptors (Lipinski definition) is 0. The van der Waals surface area contributed by atoms with E-state index in [0.29, 0.717) is 5.02 Å². The lowest BCUT2D eigenvalue weighted by Gasteiger charge is -2.00. The van der Waals surface area contributed by atoms with E-state index >= 15 is 0 Å². The van der Waals surface area contributed by atoms with Gasteiger partial charge in [-0.1, -0.05) is 59.8 Å². The highest BCUT2D eigenvalue weighted by Gasteiger charge is 1.99. The number of rotatable bonds is 0. The maximum atomic E-state index is 5.93. The van der Waals surface area contributed by atoms with Gasteiger partial charge in [0.15, 0.2) is 0 Å². The standard InChI is InChI=1S/C18H10BrCl/c19-18-12-16(20)11-10-15(18)9-8-14-6-3-5-13-4-1-2-7-17(13)14/h1-7,10-12H. The zero-order valence-corrected chi connectivity index (χ0v) is 12.9. The Morgan fingerprint density at radius 2 is 1.55 bits per heavy atom. The van der Waals surface area contributed by atoms with Gasteiger partial charge in [-0.05, 0) is 51.0 Å². The Morgan fingerprint density at radius 1 is 0.800 bits per heavy atom. The third kappa shape index (κ3) is 2.72. The highest BCUT2D eigenvalue weighted by atomic mass is 79.9. The summed E-state index contributed by atoms with van der Waals surface area (Å²) in [5, 5.41) is 3.08. The van der Waals surface area contributed by atoms with Crippen LogP contribution in [0.5, 0.6) is 0 Å². The molecule has 0 heterocycles. The van der Waals surface area contributed by atoms with E-state index in [1.54, 1.807) is 0 Å². The van der Waals surface area contributed by atoms with Crippen LogP contribution in [-0.4, -0.2) is 0 Å². The molecule has 0 aliphatic rings. The van der Waals surface area contributed by atoms with E-state index in [2.05, 4.69) is 46.0 Å². The summed E-state index contributed by atoms with van der Waals surface area (Å²) in [4.78, 5) is 0. The first-order valence-electron chi connectivity index (χ1n) is 6.19. The second-order valence-electron chi connectivity index (χ2n) is 4.40. The molecule has 0 atom stereocenters. The van der Waals surface area contributed by atoms with Crippen molar-refractivity contribution in [3.8, 4) is 11.8 Å². The largest absolute Gasteiger partial charge is 0.0843 e. The predicted octanol–water partition coefficient (Wildman–Crippen LogP) is 5.66. The third-order valence-electron chi connectivity index (χ3n) is 3.05. The molecule has 0 amide bonds. The van der Waals surface area contributed by atoms with Crippen LogP contribution >= 0.6 is 27.5 Å². The summed E-state index contributed by atoms with van der Waals surface area (Å²) < 4.78 is 0.915. The van der Waals surface area contributed by atoms with Crippen molar-refractivity contribution in [3.05, 3.63) is 81.3 Å². The second-order valence-corrected chi connectivity index (χ2v) is 5.69. The molecule has 0 saturated heterocycles. The average molecular weight is 342 g/mol. The minimum absolute atomic E-state index is 0.701. The summed E-state index contributed by atoms with van der Waals surface area (Å²) in [6.45, 7) is 0. The lowest BCUT2D eigenvalue weighted by Crippen LogP contribution is -1.81. The Balaban J connectivity index is 2.08. The Kier molecular flexibility index (Phi) is 3.78. The van der Waals surface area contributed by atoms with Crippen molar-refractivity contribution >= 4 is 38.3 Å². The molecule has 0 saturated carbocycles. The molecule has 0 aliphatic heterocycles. The van der Waals surface area contributed by atoms with E-state index in [4.69, 9.17) is 11.6 Å². The molecule has 0 aliphatic carbocycles. The molecule has 0 radical (unpaired) electrons. The predicted molar refractivity (Wildman–Crippen MR) is 89.1 cm³/mol.